The standard InChI is InChI=1S/C20H24N2O3/c1-4-20(14(2)3,18(23)24)22-19(25)21-17-12-10-16(11-13-17)15-8-6-5-7-9-15/h5-14H,4H2,1-3H3,(H,23,24)(H2,21,22,25). The molecule has 0 bridgehead atoms. The van der Waals surface area contributed by atoms with Gasteiger partial charge in [0.05, 0.1) is 0 Å². The Bertz CT molecular complexity index is 726. The fraction of sp³-hybridized carbons (Fsp3) is 0.300. The fourth-order valence-electron chi connectivity index (χ4n) is 2.83. The zero-order valence-electron chi connectivity index (χ0n) is 14.7. The van der Waals surface area contributed by atoms with E-state index in [9.17, 15) is 14.7 Å². The van der Waals surface area contributed by atoms with E-state index >= 15 is 0 Å². The molecule has 0 radical (unpaired) electrons. The first-order valence-electron chi connectivity index (χ1n) is 8.37. The number of hydrogen-bond acceptors (Lipinski definition) is 2. The van der Waals surface area contributed by atoms with Gasteiger partial charge >= 0.3 is 12.0 Å². The average molecular weight is 340 g/mol. The Hall–Kier alpha value is -2.82. The number of carboxylic acid groups (broad SMARTS) is 1. The third kappa shape index (κ3) is 4.18. The highest BCUT2D eigenvalue weighted by molar-refractivity contribution is 5.94. The molecular formula is C20H24N2O3. The average Bonchev–Trinajstić information content (AvgIpc) is 2.60. The second kappa shape index (κ2) is 7.83. The monoisotopic (exact) mass is 340 g/mol. The summed E-state index contributed by atoms with van der Waals surface area (Å²) in [7, 11) is 0. The van der Waals surface area contributed by atoms with Crippen LogP contribution in [-0.4, -0.2) is 22.6 Å². The first-order chi connectivity index (χ1) is 11.9. The number of nitrogens with one attached hydrogen (secondary N) is 2. The van der Waals surface area contributed by atoms with Crippen molar-refractivity contribution in [3.05, 3.63) is 54.6 Å². The zero-order chi connectivity index (χ0) is 18.4. The predicted octanol–water partition coefficient (Wildman–Crippen LogP) is 4.36. The number of amides is 2. The van der Waals surface area contributed by atoms with Gasteiger partial charge in [-0.2, -0.15) is 0 Å². The molecule has 2 rings (SSSR count). The van der Waals surface area contributed by atoms with Crippen molar-refractivity contribution >= 4 is 17.7 Å². The minimum atomic E-state index is -1.28. The number of carbonyl (C=O) groups is 2. The molecule has 1 unspecified atom stereocenters. The van der Waals surface area contributed by atoms with E-state index in [4.69, 9.17) is 0 Å². The molecule has 0 fully saturated rings. The Morgan fingerprint density at radius 1 is 1.00 bits per heavy atom. The highest BCUT2D eigenvalue weighted by Crippen LogP contribution is 2.23. The minimum Gasteiger partial charge on any atom is -0.479 e. The molecule has 0 aliphatic carbocycles. The summed E-state index contributed by atoms with van der Waals surface area (Å²) >= 11 is 0. The number of benzene rings is 2. The van der Waals surface area contributed by atoms with Crippen LogP contribution in [-0.2, 0) is 4.79 Å². The third-order valence-electron chi connectivity index (χ3n) is 4.51. The Balaban J connectivity index is 2.09. The van der Waals surface area contributed by atoms with E-state index in [2.05, 4.69) is 10.6 Å². The molecule has 0 spiro atoms. The third-order valence-corrected chi connectivity index (χ3v) is 4.51. The lowest BCUT2D eigenvalue weighted by atomic mass is 9.84. The number of carbonyl (C=O) groups excluding carboxylic acids is 1. The lowest BCUT2D eigenvalue weighted by Crippen LogP contribution is -2.58. The van der Waals surface area contributed by atoms with Crippen molar-refractivity contribution in [3.63, 3.8) is 0 Å². The Morgan fingerprint density at radius 2 is 1.56 bits per heavy atom. The summed E-state index contributed by atoms with van der Waals surface area (Å²) in [6.07, 6.45) is 0.306. The number of rotatable bonds is 6. The molecule has 0 aliphatic rings. The molecule has 0 aromatic heterocycles. The van der Waals surface area contributed by atoms with Gasteiger partial charge in [0.15, 0.2) is 0 Å². The van der Waals surface area contributed by atoms with Crippen molar-refractivity contribution in [1.82, 2.24) is 5.32 Å². The quantitative estimate of drug-likeness (QED) is 0.731. The predicted molar refractivity (Wildman–Crippen MR) is 99.5 cm³/mol. The smallest absolute Gasteiger partial charge is 0.329 e. The molecule has 5 nitrogen and oxygen atoms in total. The van der Waals surface area contributed by atoms with Crippen LogP contribution in [0.5, 0.6) is 0 Å². The summed E-state index contributed by atoms with van der Waals surface area (Å²) in [6, 6.07) is 16.8. The molecule has 0 saturated carbocycles. The van der Waals surface area contributed by atoms with Crippen molar-refractivity contribution in [2.75, 3.05) is 5.32 Å². The Kier molecular flexibility index (Phi) is 5.80. The molecule has 0 aliphatic heterocycles. The number of anilines is 1. The molecule has 0 heterocycles. The zero-order valence-corrected chi connectivity index (χ0v) is 14.7. The van der Waals surface area contributed by atoms with Crippen LogP contribution in [0.15, 0.2) is 54.6 Å². The minimum absolute atomic E-state index is 0.235. The highest BCUT2D eigenvalue weighted by Gasteiger charge is 2.41. The fourth-order valence-corrected chi connectivity index (χ4v) is 2.83. The first kappa shape index (κ1) is 18.5. The molecule has 3 N–H and O–H groups in total. The SMILES string of the molecule is CCC(NC(=O)Nc1ccc(-c2ccccc2)cc1)(C(=O)O)C(C)C. The molecular weight excluding hydrogens is 316 g/mol. The van der Waals surface area contributed by atoms with Crippen LogP contribution in [0.1, 0.15) is 27.2 Å². The van der Waals surface area contributed by atoms with Gasteiger partial charge < -0.3 is 15.7 Å². The topological polar surface area (TPSA) is 78.4 Å². The molecule has 0 saturated heterocycles. The van der Waals surface area contributed by atoms with Crippen molar-refractivity contribution < 1.29 is 14.7 Å². The summed E-state index contributed by atoms with van der Waals surface area (Å²) in [4.78, 5) is 23.9. The lowest BCUT2D eigenvalue weighted by Gasteiger charge is -2.33. The number of carboxylic acids is 1. The van der Waals surface area contributed by atoms with Gasteiger partial charge in [0, 0.05) is 5.69 Å². The number of urea groups is 1. The summed E-state index contributed by atoms with van der Waals surface area (Å²) in [5, 5.41) is 14.9. The molecule has 2 amide bonds. The molecule has 132 valence electrons. The van der Waals surface area contributed by atoms with Gasteiger partial charge in [-0.25, -0.2) is 9.59 Å². The largest absolute Gasteiger partial charge is 0.479 e. The van der Waals surface area contributed by atoms with E-state index in [1.165, 1.54) is 0 Å². The van der Waals surface area contributed by atoms with Gasteiger partial charge in [-0.1, -0.05) is 63.2 Å². The van der Waals surface area contributed by atoms with Gasteiger partial charge in [-0.15, -0.1) is 0 Å². The van der Waals surface area contributed by atoms with E-state index in [-0.39, 0.29) is 5.92 Å². The van der Waals surface area contributed by atoms with Crippen LogP contribution < -0.4 is 10.6 Å². The van der Waals surface area contributed by atoms with Crippen molar-refractivity contribution in [2.24, 2.45) is 5.92 Å². The molecule has 1 atom stereocenters. The Morgan fingerprint density at radius 3 is 2.04 bits per heavy atom. The van der Waals surface area contributed by atoms with Gasteiger partial charge in [0.25, 0.3) is 0 Å². The number of hydrogen-bond donors (Lipinski definition) is 3. The second-order valence-corrected chi connectivity index (χ2v) is 6.31. The van der Waals surface area contributed by atoms with Crippen molar-refractivity contribution in [2.45, 2.75) is 32.7 Å². The van der Waals surface area contributed by atoms with Crippen molar-refractivity contribution in [3.8, 4) is 11.1 Å². The van der Waals surface area contributed by atoms with E-state index < -0.39 is 17.5 Å². The maximum Gasteiger partial charge on any atom is 0.329 e. The van der Waals surface area contributed by atoms with Crippen LogP contribution >= 0.6 is 0 Å². The van der Waals surface area contributed by atoms with Crippen LogP contribution in [0, 0.1) is 5.92 Å². The normalized spacial score (nSPS) is 13.1. The highest BCUT2D eigenvalue weighted by atomic mass is 16.4. The maximum atomic E-state index is 12.3. The van der Waals surface area contributed by atoms with Gasteiger partial charge in [0.1, 0.15) is 5.54 Å². The van der Waals surface area contributed by atoms with E-state index in [0.717, 1.165) is 11.1 Å². The summed E-state index contributed by atoms with van der Waals surface area (Å²) in [5.74, 6) is -1.26. The van der Waals surface area contributed by atoms with Gasteiger partial charge in [-0.05, 0) is 35.6 Å². The lowest BCUT2D eigenvalue weighted by molar-refractivity contribution is -0.146. The van der Waals surface area contributed by atoms with Gasteiger partial charge in [0.2, 0.25) is 0 Å². The summed E-state index contributed by atoms with van der Waals surface area (Å²) in [5.41, 5.74) is 1.46. The molecule has 5 heteroatoms. The first-order valence-corrected chi connectivity index (χ1v) is 8.37. The van der Waals surface area contributed by atoms with Crippen LogP contribution in [0.2, 0.25) is 0 Å². The van der Waals surface area contributed by atoms with E-state index in [1.54, 1.807) is 32.9 Å². The second-order valence-electron chi connectivity index (χ2n) is 6.31. The summed E-state index contributed by atoms with van der Waals surface area (Å²) < 4.78 is 0. The van der Waals surface area contributed by atoms with Crippen LogP contribution in [0.25, 0.3) is 11.1 Å². The molecule has 2 aromatic rings. The number of aliphatic carboxylic acids is 1. The van der Waals surface area contributed by atoms with E-state index in [1.807, 2.05) is 42.5 Å². The Labute approximate surface area is 148 Å². The van der Waals surface area contributed by atoms with E-state index in [0.29, 0.717) is 12.1 Å². The summed E-state index contributed by atoms with van der Waals surface area (Å²) in [6.45, 7) is 5.32. The van der Waals surface area contributed by atoms with Crippen LogP contribution in [0.3, 0.4) is 0 Å². The molecule has 25 heavy (non-hydrogen) atoms. The van der Waals surface area contributed by atoms with Crippen LogP contribution in [0.4, 0.5) is 10.5 Å². The maximum absolute atomic E-state index is 12.3. The van der Waals surface area contributed by atoms with Crippen molar-refractivity contribution in [1.29, 1.82) is 0 Å². The molecule has 2 aromatic carbocycles. The van der Waals surface area contributed by atoms with Gasteiger partial charge in [-0.3, -0.25) is 0 Å².